The van der Waals surface area contributed by atoms with Gasteiger partial charge in [-0.1, -0.05) is 24.3 Å². The molecule has 2 atom stereocenters. The van der Waals surface area contributed by atoms with Crippen molar-refractivity contribution in [2.75, 3.05) is 7.11 Å². The molecule has 6 nitrogen and oxygen atoms in total. The van der Waals surface area contributed by atoms with Gasteiger partial charge in [0.05, 0.1) is 24.3 Å². The van der Waals surface area contributed by atoms with Crippen LogP contribution in [0.15, 0.2) is 48.5 Å². The lowest BCUT2D eigenvalue weighted by Crippen LogP contribution is -2.45. The molecule has 0 heterocycles. The van der Waals surface area contributed by atoms with Crippen molar-refractivity contribution in [3.05, 3.63) is 70.8 Å². The molecule has 0 saturated heterocycles. The molecule has 0 aromatic heterocycles. The predicted molar refractivity (Wildman–Crippen MR) is 95.2 cm³/mol. The first kappa shape index (κ1) is 21.9. The molecule has 0 radical (unpaired) electrons. The molecule has 152 valence electrons. The van der Waals surface area contributed by atoms with Gasteiger partial charge in [-0.2, -0.15) is 18.4 Å². The predicted octanol–water partition coefficient (Wildman–Crippen LogP) is 2.51. The number of alkyl halides is 3. The molecule has 0 saturated carbocycles. The van der Waals surface area contributed by atoms with Crippen molar-refractivity contribution in [1.82, 2.24) is 5.32 Å². The zero-order chi connectivity index (χ0) is 21.6. The Hall–Kier alpha value is -3.38. The Morgan fingerprint density at radius 3 is 2.41 bits per heavy atom. The molecule has 2 aromatic rings. The first-order valence-electron chi connectivity index (χ1n) is 8.38. The summed E-state index contributed by atoms with van der Waals surface area (Å²) >= 11 is 0. The fraction of sp³-hybridized carbons (Fsp3) is 0.250. The lowest BCUT2D eigenvalue weighted by Gasteiger charge is -2.19. The number of nitriles is 1. The fourth-order valence-corrected chi connectivity index (χ4v) is 2.60. The number of hydrogen-bond donors (Lipinski definition) is 2. The molecule has 2 rings (SSSR count). The highest BCUT2D eigenvalue weighted by Gasteiger charge is 2.31. The van der Waals surface area contributed by atoms with Crippen LogP contribution in [0.3, 0.4) is 0 Å². The number of ether oxygens (including phenoxy) is 1. The maximum Gasteiger partial charge on any atom is 0.416 e. The summed E-state index contributed by atoms with van der Waals surface area (Å²) < 4.78 is 42.5. The standard InChI is InChI=1S/C20H17F3N2O4/c1-29-19(28)16(10-12-3-2-4-13(9-12)11-24)25-18(27)17(26)14-5-7-15(8-6-14)20(21,22)23/h2-9,16-17,26H,10H2,1H3,(H,25,27)/t16-,17-/m0/s1. The van der Waals surface area contributed by atoms with Crippen LogP contribution in [0.2, 0.25) is 0 Å². The van der Waals surface area contributed by atoms with Gasteiger partial charge in [-0.25, -0.2) is 4.79 Å². The molecule has 0 aliphatic heterocycles. The van der Waals surface area contributed by atoms with Gasteiger partial charge in [0, 0.05) is 6.42 Å². The highest BCUT2D eigenvalue weighted by atomic mass is 19.4. The summed E-state index contributed by atoms with van der Waals surface area (Å²) in [5.41, 5.74) is -0.0461. The minimum absolute atomic E-state index is 0.00628. The molecular formula is C20H17F3N2O4. The number of hydrogen-bond acceptors (Lipinski definition) is 5. The number of rotatable bonds is 6. The summed E-state index contributed by atoms with van der Waals surface area (Å²) in [7, 11) is 1.12. The second kappa shape index (κ2) is 9.21. The number of esters is 1. The van der Waals surface area contributed by atoms with E-state index < -0.39 is 35.8 Å². The Morgan fingerprint density at radius 2 is 1.86 bits per heavy atom. The Bertz CT molecular complexity index is 921. The van der Waals surface area contributed by atoms with Gasteiger partial charge in [-0.15, -0.1) is 0 Å². The van der Waals surface area contributed by atoms with Crippen LogP contribution in [-0.4, -0.2) is 30.1 Å². The molecule has 29 heavy (non-hydrogen) atoms. The number of aliphatic hydroxyl groups excluding tert-OH is 1. The van der Waals surface area contributed by atoms with E-state index in [0.717, 1.165) is 31.4 Å². The quantitative estimate of drug-likeness (QED) is 0.719. The number of nitrogens with zero attached hydrogens (tertiary/aromatic N) is 1. The Kier molecular flexibility index (Phi) is 6.96. The van der Waals surface area contributed by atoms with E-state index in [4.69, 9.17) is 5.26 Å². The molecule has 0 bridgehead atoms. The number of aliphatic hydroxyl groups is 1. The Balaban J connectivity index is 2.14. The molecule has 9 heteroatoms. The maximum atomic E-state index is 12.6. The third-order valence-electron chi connectivity index (χ3n) is 4.10. The van der Waals surface area contributed by atoms with Crippen molar-refractivity contribution in [3.63, 3.8) is 0 Å². The number of methoxy groups -OCH3 is 1. The SMILES string of the molecule is COC(=O)[C@H](Cc1cccc(C#N)c1)NC(=O)[C@@H](O)c1ccc(C(F)(F)F)cc1. The second-order valence-corrected chi connectivity index (χ2v) is 6.12. The van der Waals surface area contributed by atoms with Gasteiger partial charge in [0.2, 0.25) is 0 Å². The minimum Gasteiger partial charge on any atom is -0.467 e. The van der Waals surface area contributed by atoms with Crippen LogP contribution >= 0.6 is 0 Å². The third kappa shape index (κ3) is 5.80. The summed E-state index contributed by atoms with van der Waals surface area (Å²) in [4.78, 5) is 24.3. The van der Waals surface area contributed by atoms with Gasteiger partial charge < -0.3 is 15.2 Å². The van der Waals surface area contributed by atoms with Crippen molar-refractivity contribution >= 4 is 11.9 Å². The summed E-state index contributed by atoms with van der Waals surface area (Å²) in [6.07, 6.45) is -6.33. The van der Waals surface area contributed by atoms with Gasteiger partial charge in [0.25, 0.3) is 5.91 Å². The van der Waals surface area contributed by atoms with Crippen molar-refractivity contribution in [2.45, 2.75) is 24.7 Å². The smallest absolute Gasteiger partial charge is 0.416 e. The van der Waals surface area contributed by atoms with Crippen LogP contribution in [0.5, 0.6) is 0 Å². The number of amides is 1. The Morgan fingerprint density at radius 1 is 1.21 bits per heavy atom. The zero-order valence-electron chi connectivity index (χ0n) is 15.2. The van der Waals surface area contributed by atoms with Crippen molar-refractivity contribution in [2.24, 2.45) is 0 Å². The van der Waals surface area contributed by atoms with Crippen LogP contribution in [-0.2, 0) is 26.9 Å². The van der Waals surface area contributed by atoms with E-state index in [2.05, 4.69) is 10.1 Å². The minimum atomic E-state index is -4.54. The maximum absolute atomic E-state index is 12.6. The van der Waals surface area contributed by atoms with Crippen molar-refractivity contribution in [3.8, 4) is 6.07 Å². The average Bonchev–Trinajstić information content (AvgIpc) is 2.71. The molecule has 2 aromatic carbocycles. The number of halogens is 3. The van der Waals surface area contributed by atoms with Gasteiger partial charge in [0.15, 0.2) is 6.10 Å². The summed E-state index contributed by atoms with van der Waals surface area (Å²) in [6.45, 7) is 0. The first-order chi connectivity index (χ1) is 13.7. The number of benzene rings is 2. The van der Waals surface area contributed by atoms with E-state index >= 15 is 0 Å². The molecule has 0 unspecified atom stereocenters. The van der Waals surface area contributed by atoms with Crippen LogP contribution in [0.4, 0.5) is 13.2 Å². The van der Waals surface area contributed by atoms with E-state index in [1.165, 1.54) is 6.07 Å². The van der Waals surface area contributed by atoms with E-state index in [1.54, 1.807) is 18.2 Å². The topological polar surface area (TPSA) is 99.4 Å². The van der Waals surface area contributed by atoms with Crippen molar-refractivity contribution in [1.29, 1.82) is 5.26 Å². The largest absolute Gasteiger partial charge is 0.467 e. The summed E-state index contributed by atoms with van der Waals surface area (Å²) in [5.74, 6) is -1.75. The summed E-state index contributed by atoms with van der Waals surface area (Å²) in [6, 6.07) is 10.6. The van der Waals surface area contributed by atoms with Crippen LogP contribution < -0.4 is 5.32 Å². The monoisotopic (exact) mass is 406 g/mol. The zero-order valence-corrected chi connectivity index (χ0v) is 15.2. The second-order valence-electron chi connectivity index (χ2n) is 6.12. The Labute approximate surface area is 164 Å². The van der Waals surface area contributed by atoms with E-state index in [9.17, 15) is 27.9 Å². The van der Waals surface area contributed by atoms with E-state index in [-0.39, 0.29) is 12.0 Å². The molecule has 1 amide bonds. The summed E-state index contributed by atoms with van der Waals surface area (Å²) in [5, 5.41) is 21.4. The number of nitrogens with one attached hydrogen (secondary N) is 1. The van der Waals surface area contributed by atoms with E-state index in [0.29, 0.717) is 11.1 Å². The van der Waals surface area contributed by atoms with Gasteiger partial charge in [-0.05, 0) is 35.4 Å². The first-order valence-corrected chi connectivity index (χ1v) is 8.38. The molecule has 0 spiro atoms. The lowest BCUT2D eigenvalue weighted by molar-refractivity contribution is -0.146. The number of carbonyl (C=O) groups excluding carboxylic acids is 2. The van der Waals surface area contributed by atoms with Crippen LogP contribution in [0, 0.1) is 11.3 Å². The van der Waals surface area contributed by atoms with Crippen LogP contribution in [0.25, 0.3) is 0 Å². The van der Waals surface area contributed by atoms with Crippen molar-refractivity contribution < 1.29 is 32.6 Å². The van der Waals surface area contributed by atoms with Gasteiger partial charge in [0.1, 0.15) is 6.04 Å². The molecule has 0 fully saturated rings. The van der Waals surface area contributed by atoms with E-state index in [1.807, 2.05) is 6.07 Å². The van der Waals surface area contributed by atoms with Gasteiger partial charge in [-0.3, -0.25) is 4.79 Å². The average molecular weight is 406 g/mol. The van der Waals surface area contributed by atoms with Gasteiger partial charge >= 0.3 is 12.1 Å². The highest BCUT2D eigenvalue weighted by molar-refractivity contribution is 5.87. The molecule has 0 aliphatic rings. The molecular weight excluding hydrogens is 389 g/mol. The van der Waals surface area contributed by atoms with Crippen LogP contribution in [0.1, 0.15) is 28.4 Å². The highest BCUT2D eigenvalue weighted by Crippen LogP contribution is 2.30. The number of carbonyl (C=O) groups is 2. The normalized spacial score (nSPS) is 13.1. The fourth-order valence-electron chi connectivity index (χ4n) is 2.60. The lowest BCUT2D eigenvalue weighted by atomic mass is 10.0. The molecule has 2 N–H and O–H groups in total. The third-order valence-corrected chi connectivity index (χ3v) is 4.10. The molecule has 0 aliphatic carbocycles.